The van der Waals surface area contributed by atoms with E-state index < -0.39 is 10.0 Å². The van der Waals surface area contributed by atoms with Crippen LogP contribution in [0.15, 0.2) is 61.1 Å². The summed E-state index contributed by atoms with van der Waals surface area (Å²) in [5.74, 6) is 0.902. The van der Waals surface area contributed by atoms with E-state index in [1.165, 1.54) is 36.1 Å². The number of anilines is 4. The van der Waals surface area contributed by atoms with Gasteiger partial charge in [0.1, 0.15) is 11.5 Å². The van der Waals surface area contributed by atoms with Crippen molar-refractivity contribution in [1.29, 1.82) is 0 Å². The second kappa shape index (κ2) is 11.6. The van der Waals surface area contributed by atoms with Gasteiger partial charge in [0.2, 0.25) is 16.0 Å². The van der Waals surface area contributed by atoms with Crippen molar-refractivity contribution >= 4 is 44.2 Å². The summed E-state index contributed by atoms with van der Waals surface area (Å²) in [5, 5.41) is 7.69. The number of piperidine rings is 1. The van der Waals surface area contributed by atoms with Crippen molar-refractivity contribution < 1.29 is 8.42 Å². The molecule has 3 aromatic heterocycles. The molecule has 0 radical (unpaired) electrons. The Morgan fingerprint density at radius 1 is 1.02 bits per heavy atom. The molecule has 11 nitrogen and oxygen atoms in total. The highest BCUT2D eigenvalue weighted by molar-refractivity contribution is 7.92. The van der Waals surface area contributed by atoms with Gasteiger partial charge in [-0.25, -0.2) is 18.4 Å². The first kappa shape index (κ1) is 27.4. The SMILES string of the molecule is CN(c1ncccc1Cn1ccc2cnc(Nc3ccc(N4CCC(N5CCNCC5)CC4)cc3)nc21)S(C)(=O)=O. The van der Waals surface area contributed by atoms with Crippen LogP contribution < -0.4 is 19.8 Å². The Morgan fingerprint density at radius 2 is 1.78 bits per heavy atom. The van der Waals surface area contributed by atoms with Gasteiger partial charge in [0.05, 0.1) is 12.8 Å². The van der Waals surface area contributed by atoms with Crippen molar-refractivity contribution in [2.24, 2.45) is 0 Å². The van der Waals surface area contributed by atoms with Crippen LogP contribution in [0.2, 0.25) is 0 Å². The van der Waals surface area contributed by atoms with Gasteiger partial charge in [-0.15, -0.1) is 0 Å². The molecule has 2 aliphatic heterocycles. The molecular formula is C29H37N9O2S. The number of hydrogen-bond acceptors (Lipinski definition) is 9. The van der Waals surface area contributed by atoms with E-state index in [0.29, 0.717) is 24.4 Å². The predicted octanol–water partition coefficient (Wildman–Crippen LogP) is 2.89. The lowest BCUT2D eigenvalue weighted by atomic mass is 10.0. The van der Waals surface area contributed by atoms with E-state index in [-0.39, 0.29) is 0 Å². The zero-order chi connectivity index (χ0) is 28.4. The van der Waals surface area contributed by atoms with Gasteiger partial charge < -0.3 is 20.1 Å². The lowest BCUT2D eigenvalue weighted by Crippen LogP contribution is -2.52. The number of sulfonamides is 1. The third-order valence-electron chi connectivity index (χ3n) is 8.13. The molecule has 2 aliphatic rings. The van der Waals surface area contributed by atoms with Crippen molar-refractivity contribution in [3.63, 3.8) is 0 Å². The number of benzene rings is 1. The Kier molecular flexibility index (Phi) is 7.78. The summed E-state index contributed by atoms with van der Waals surface area (Å²) in [5.41, 5.74) is 3.69. The number of hydrogen-bond donors (Lipinski definition) is 2. The predicted molar refractivity (Wildman–Crippen MR) is 164 cm³/mol. The minimum atomic E-state index is -3.44. The quantitative estimate of drug-likeness (QED) is 0.328. The zero-order valence-corrected chi connectivity index (χ0v) is 24.4. The number of pyridine rings is 1. The van der Waals surface area contributed by atoms with E-state index in [1.807, 2.05) is 22.9 Å². The lowest BCUT2D eigenvalue weighted by molar-refractivity contribution is 0.150. The molecule has 0 unspecified atom stereocenters. The molecule has 5 heterocycles. The van der Waals surface area contributed by atoms with E-state index in [9.17, 15) is 8.42 Å². The summed E-state index contributed by atoms with van der Waals surface area (Å²) in [7, 11) is -1.93. The third-order valence-corrected chi connectivity index (χ3v) is 9.29. The number of rotatable bonds is 8. The molecule has 2 saturated heterocycles. The molecule has 0 saturated carbocycles. The van der Waals surface area contributed by atoms with Crippen LogP contribution in [-0.4, -0.2) is 91.5 Å². The van der Waals surface area contributed by atoms with Crippen molar-refractivity contribution in [1.82, 2.24) is 29.7 Å². The first-order valence-corrected chi connectivity index (χ1v) is 16.0. The molecule has 0 bridgehead atoms. The molecule has 12 heteroatoms. The first-order chi connectivity index (χ1) is 19.8. The minimum Gasteiger partial charge on any atom is -0.371 e. The molecule has 216 valence electrons. The van der Waals surface area contributed by atoms with Gasteiger partial charge in [-0.3, -0.25) is 9.21 Å². The van der Waals surface area contributed by atoms with Crippen molar-refractivity contribution in [2.45, 2.75) is 25.4 Å². The number of aromatic nitrogens is 4. The molecule has 0 atom stereocenters. The van der Waals surface area contributed by atoms with Crippen LogP contribution in [0.3, 0.4) is 0 Å². The Hall–Kier alpha value is -3.74. The number of fused-ring (bicyclic) bond motifs is 1. The fourth-order valence-corrected chi connectivity index (χ4v) is 6.24. The highest BCUT2D eigenvalue weighted by Crippen LogP contribution is 2.26. The third kappa shape index (κ3) is 6.14. The summed E-state index contributed by atoms with van der Waals surface area (Å²) in [6, 6.07) is 14.8. The highest BCUT2D eigenvalue weighted by atomic mass is 32.2. The van der Waals surface area contributed by atoms with Crippen LogP contribution in [0.1, 0.15) is 18.4 Å². The summed E-state index contributed by atoms with van der Waals surface area (Å²) in [6.07, 6.45) is 8.91. The minimum absolute atomic E-state index is 0.400. The maximum Gasteiger partial charge on any atom is 0.233 e. The smallest absolute Gasteiger partial charge is 0.233 e. The van der Waals surface area contributed by atoms with Gasteiger partial charge in [-0.1, -0.05) is 6.07 Å². The topological polar surface area (TPSA) is 112 Å². The molecular weight excluding hydrogens is 538 g/mol. The van der Waals surface area contributed by atoms with Gasteiger partial charge in [-0.2, -0.15) is 4.98 Å². The number of nitrogens with one attached hydrogen (secondary N) is 2. The maximum absolute atomic E-state index is 12.1. The Labute approximate surface area is 241 Å². The average molecular weight is 576 g/mol. The fourth-order valence-electron chi connectivity index (χ4n) is 5.76. The highest BCUT2D eigenvalue weighted by Gasteiger charge is 2.25. The molecule has 1 aromatic carbocycles. The van der Waals surface area contributed by atoms with E-state index in [1.54, 1.807) is 18.5 Å². The van der Waals surface area contributed by atoms with Crippen LogP contribution >= 0.6 is 0 Å². The summed E-state index contributed by atoms with van der Waals surface area (Å²) in [6.45, 7) is 7.11. The second-order valence-corrected chi connectivity index (χ2v) is 12.8. The molecule has 4 aromatic rings. The van der Waals surface area contributed by atoms with Crippen LogP contribution in [0.25, 0.3) is 11.0 Å². The van der Waals surface area contributed by atoms with Gasteiger partial charge >= 0.3 is 0 Å². The van der Waals surface area contributed by atoms with Gasteiger partial charge in [-0.05, 0) is 49.2 Å². The fraction of sp³-hybridized carbons (Fsp3) is 0.414. The Balaban J connectivity index is 1.13. The van der Waals surface area contributed by atoms with Crippen LogP contribution in [0.5, 0.6) is 0 Å². The lowest BCUT2D eigenvalue weighted by Gasteiger charge is -2.41. The zero-order valence-electron chi connectivity index (χ0n) is 23.6. The Bertz CT molecular complexity index is 1590. The Morgan fingerprint density at radius 3 is 2.51 bits per heavy atom. The van der Waals surface area contributed by atoms with E-state index in [2.05, 4.69) is 54.7 Å². The molecule has 0 aliphatic carbocycles. The number of piperazine rings is 1. The summed E-state index contributed by atoms with van der Waals surface area (Å²) < 4.78 is 27.5. The van der Waals surface area contributed by atoms with Crippen LogP contribution in [0.4, 0.5) is 23.1 Å². The van der Waals surface area contributed by atoms with Crippen LogP contribution in [0, 0.1) is 0 Å². The molecule has 0 spiro atoms. The molecule has 6 rings (SSSR count). The first-order valence-electron chi connectivity index (χ1n) is 14.1. The van der Waals surface area contributed by atoms with E-state index in [4.69, 9.17) is 4.98 Å². The van der Waals surface area contributed by atoms with E-state index >= 15 is 0 Å². The van der Waals surface area contributed by atoms with Crippen LogP contribution in [-0.2, 0) is 16.6 Å². The molecule has 41 heavy (non-hydrogen) atoms. The normalized spacial score (nSPS) is 17.2. The summed E-state index contributed by atoms with van der Waals surface area (Å²) >= 11 is 0. The number of nitrogens with zero attached hydrogens (tertiary/aromatic N) is 7. The molecule has 2 fully saturated rings. The van der Waals surface area contributed by atoms with Gasteiger partial charge in [0.15, 0.2) is 0 Å². The monoisotopic (exact) mass is 575 g/mol. The van der Waals surface area contributed by atoms with Gasteiger partial charge in [0, 0.05) is 93.3 Å². The van der Waals surface area contributed by atoms with Crippen molar-refractivity contribution in [2.75, 3.05) is 67.1 Å². The van der Waals surface area contributed by atoms with Crippen molar-refractivity contribution in [3.05, 3.63) is 66.6 Å². The molecule has 2 N–H and O–H groups in total. The van der Waals surface area contributed by atoms with Gasteiger partial charge in [0.25, 0.3) is 0 Å². The van der Waals surface area contributed by atoms with Crippen molar-refractivity contribution in [3.8, 4) is 0 Å². The summed E-state index contributed by atoms with van der Waals surface area (Å²) in [4.78, 5) is 18.7. The second-order valence-electron chi connectivity index (χ2n) is 10.8. The average Bonchev–Trinajstić information content (AvgIpc) is 3.39. The maximum atomic E-state index is 12.1. The molecule has 0 amide bonds. The largest absolute Gasteiger partial charge is 0.371 e. The standard InChI is InChI=1S/C29H37N9O2S/c1-35(41(2,39)40)27-23(4-3-12-31-27)21-38-15-9-22-20-32-29(34-28(22)38)33-24-5-7-25(8-6-24)36-16-10-26(11-17-36)37-18-13-30-14-19-37/h3-9,12,15,20,26,30H,10-11,13-14,16-19,21H2,1-2H3,(H,32,33,34). The van der Waals surface area contributed by atoms with E-state index in [0.717, 1.165) is 61.6 Å².